The first-order chi connectivity index (χ1) is 15.2. The molecule has 0 atom stereocenters. The molecular weight excluding hydrogens is 392 g/mol. The molecule has 1 saturated heterocycles. The summed E-state index contributed by atoms with van der Waals surface area (Å²) in [7, 11) is 1.65. The van der Waals surface area contributed by atoms with E-state index in [0.29, 0.717) is 19.4 Å². The molecule has 1 aliphatic heterocycles. The summed E-state index contributed by atoms with van der Waals surface area (Å²) < 4.78 is 8.00. The van der Waals surface area contributed by atoms with Crippen molar-refractivity contribution in [2.75, 3.05) is 31.6 Å². The lowest BCUT2D eigenvalue weighted by Crippen LogP contribution is -2.21. The van der Waals surface area contributed by atoms with Crippen LogP contribution >= 0.6 is 0 Å². The van der Waals surface area contributed by atoms with E-state index in [4.69, 9.17) is 14.7 Å². The Morgan fingerprint density at radius 2 is 2.06 bits per heavy atom. The quantitative estimate of drug-likeness (QED) is 0.532. The molecule has 0 spiro atoms. The smallest absolute Gasteiger partial charge is 0.228 e. The lowest BCUT2D eigenvalue weighted by Gasteiger charge is -2.17. The molecule has 0 aliphatic carbocycles. The molecule has 2 aromatic heterocycles. The summed E-state index contributed by atoms with van der Waals surface area (Å²) in [6, 6.07) is 7.93. The van der Waals surface area contributed by atoms with Crippen molar-refractivity contribution >= 4 is 23.0 Å². The van der Waals surface area contributed by atoms with Gasteiger partial charge in [0.15, 0.2) is 5.65 Å². The van der Waals surface area contributed by atoms with Crippen LogP contribution in [0.25, 0.3) is 22.4 Å². The second kappa shape index (κ2) is 9.76. The van der Waals surface area contributed by atoms with Gasteiger partial charge in [0.05, 0.1) is 12.9 Å². The molecule has 4 rings (SSSR count). The molecule has 0 bridgehead atoms. The number of hydrogen-bond donors (Lipinski definition) is 1. The Morgan fingerprint density at radius 3 is 2.84 bits per heavy atom. The highest BCUT2D eigenvalue weighted by atomic mass is 16.5. The SMILES string of the molecule is CCCn1cnc2c(-c3cccc(OCCCC(=O)NC)c3)nc(N3CCCC3)nc21. The number of aromatic nitrogens is 4. The summed E-state index contributed by atoms with van der Waals surface area (Å²) >= 11 is 0. The maximum atomic E-state index is 11.4. The number of imidazole rings is 1. The number of benzene rings is 1. The van der Waals surface area contributed by atoms with E-state index in [1.165, 1.54) is 12.8 Å². The van der Waals surface area contributed by atoms with Gasteiger partial charge >= 0.3 is 0 Å². The molecular formula is C23H30N6O2. The fraction of sp³-hybridized carbons (Fsp3) is 0.478. The average Bonchev–Trinajstić information content (AvgIpc) is 3.47. The van der Waals surface area contributed by atoms with Crippen molar-refractivity contribution in [3.63, 3.8) is 0 Å². The monoisotopic (exact) mass is 422 g/mol. The van der Waals surface area contributed by atoms with Gasteiger partial charge in [-0.15, -0.1) is 0 Å². The van der Waals surface area contributed by atoms with Gasteiger partial charge in [-0.25, -0.2) is 9.97 Å². The highest BCUT2D eigenvalue weighted by Crippen LogP contribution is 2.30. The van der Waals surface area contributed by atoms with Crippen molar-refractivity contribution in [1.82, 2.24) is 24.8 Å². The Kier molecular flexibility index (Phi) is 6.64. The molecule has 1 aromatic carbocycles. The largest absolute Gasteiger partial charge is 0.494 e. The van der Waals surface area contributed by atoms with Gasteiger partial charge in [-0.05, 0) is 37.8 Å². The van der Waals surface area contributed by atoms with E-state index in [-0.39, 0.29) is 5.91 Å². The van der Waals surface area contributed by atoms with Gasteiger partial charge in [0.25, 0.3) is 0 Å². The van der Waals surface area contributed by atoms with Crippen molar-refractivity contribution in [3.8, 4) is 17.0 Å². The number of hydrogen-bond acceptors (Lipinski definition) is 6. The van der Waals surface area contributed by atoms with Gasteiger partial charge in [0, 0.05) is 38.7 Å². The maximum Gasteiger partial charge on any atom is 0.228 e. The predicted molar refractivity (Wildman–Crippen MR) is 121 cm³/mol. The van der Waals surface area contributed by atoms with E-state index in [1.807, 2.05) is 30.6 Å². The van der Waals surface area contributed by atoms with Crippen molar-refractivity contribution in [2.24, 2.45) is 0 Å². The Bertz CT molecular complexity index is 1040. The lowest BCUT2D eigenvalue weighted by molar-refractivity contribution is -0.120. The maximum absolute atomic E-state index is 11.4. The Labute approximate surface area is 182 Å². The van der Waals surface area contributed by atoms with Crippen molar-refractivity contribution in [3.05, 3.63) is 30.6 Å². The molecule has 8 nitrogen and oxygen atoms in total. The number of carbonyl (C=O) groups excluding carboxylic acids is 1. The minimum Gasteiger partial charge on any atom is -0.494 e. The third kappa shape index (κ3) is 4.78. The van der Waals surface area contributed by atoms with Crippen LogP contribution in [0.1, 0.15) is 39.0 Å². The lowest BCUT2D eigenvalue weighted by atomic mass is 10.1. The van der Waals surface area contributed by atoms with E-state index in [1.54, 1.807) is 7.05 Å². The van der Waals surface area contributed by atoms with Crippen LogP contribution in [-0.2, 0) is 11.3 Å². The molecule has 1 N–H and O–H groups in total. The van der Waals surface area contributed by atoms with E-state index in [2.05, 4.69) is 26.7 Å². The molecule has 0 saturated carbocycles. The van der Waals surface area contributed by atoms with Gasteiger partial charge in [-0.2, -0.15) is 4.98 Å². The van der Waals surface area contributed by atoms with Crippen molar-refractivity contribution in [1.29, 1.82) is 0 Å². The Morgan fingerprint density at radius 1 is 1.23 bits per heavy atom. The number of anilines is 1. The fourth-order valence-electron chi connectivity index (χ4n) is 3.88. The zero-order chi connectivity index (χ0) is 21.6. The fourth-order valence-corrected chi connectivity index (χ4v) is 3.88. The van der Waals surface area contributed by atoms with Crippen molar-refractivity contribution in [2.45, 2.75) is 45.6 Å². The number of nitrogens with zero attached hydrogens (tertiary/aromatic N) is 5. The molecule has 164 valence electrons. The first kappa shape index (κ1) is 21.1. The number of aryl methyl sites for hydroxylation is 1. The highest BCUT2D eigenvalue weighted by molar-refractivity contribution is 5.88. The van der Waals surface area contributed by atoms with Crippen LogP contribution in [-0.4, -0.2) is 52.2 Å². The van der Waals surface area contributed by atoms with Gasteiger partial charge in [-0.1, -0.05) is 19.1 Å². The number of amides is 1. The van der Waals surface area contributed by atoms with E-state index >= 15 is 0 Å². The molecule has 0 radical (unpaired) electrons. The molecule has 31 heavy (non-hydrogen) atoms. The summed E-state index contributed by atoms with van der Waals surface area (Å²) in [6.07, 6.45) is 6.34. The number of fused-ring (bicyclic) bond motifs is 1. The summed E-state index contributed by atoms with van der Waals surface area (Å²) in [5, 5.41) is 2.63. The zero-order valence-corrected chi connectivity index (χ0v) is 18.3. The first-order valence-electron chi connectivity index (χ1n) is 11.1. The molecule has 1 aliphatic rings. The highest BCUT2D eigenvalue weighted by Gasteiger charge is 2.20. The van der Waals surface area contributed by atoms with Crippen LogP contribution in [0.4, 0.5) is 5.95 Å². The molecule has 8 heteroatoms. The standard InChI is InChI=1S/C23H30N6O2/c1-3-11-29-16-25-21-20(26-23(27-22(21)29)28-12-4-5-13-28)17-8-6-9-18(15-17)31-14-7-10-19(30)24-2/h6,8-9,15-16H,3-5,7,10-14H2,1-2H3,(H,24,30). The summed E-state index contributed by atoms with van der Waals surface area (Å²) in [4.78, 5) is 28.1. The van der Waals surface area contributed by atoms with Crippen LogP contribution in [0.15, 0.2) is 30.6 Å². The van der Waals surface area contributed by atoms with Gasteiger partial charge in [0.1, 0.15) is 17.0 Å². The summed E-state index contributed by atoms with van der Waals surface area (Å²) in [6.45, 7) is 5.49. The summed E-state index contributed by atoms with van der Waals surface area (Å²) in [5.74, 6) is 1.56. The third-order valence-electron chi connectivity index (χ3n) is 5.51. The minimum absolute atomic E-state index is 0.0258. The van der Waals surface area contributed by atoms with Gasteiger partial charge < -0.3 is 19.5 Å². The number of ether oxygens (including phenoxy) is 1. The summed E-state index contributed by atoms with van der Waals surface area (Å²) in [5.41, 5.74) is 3.48. The first-order valence-corrected chi connectivity index (χ1v) is 11.1. The van der Waals surface area contributed by atoms with E-state index in [0.717, 1.165) is 60.2 Å². The van der Waals surface area contributed by atoms with Gasteiger partial charge in [-0.3, -0.25) is 4.79 Å². The minimum atomic E-state index is 0.0258. The number of nitrogens with one attached hydrogen (secondary N) is 1. The topological polar surface area (TPSA) is 85.2 Å². The van der Waals surface area contributed by atoms with E-state index in [9.17, 15) is 4.79 Å². The number of rotatable bonds is 9. The van der Waals surface area contributed by atoms with Crippen LogP contribution in [0.5, 0.6) is 5.75 Å². The molecule has 0 unspecified atom stereocenters. The molecule has 1 fully saturated rings. The van der Waals surface area contributed by atoms with Gasteiger partial charge in [0.2, 0.25) is 11.9 Å². The molecule has 1 amide bonds. The van der Waals surface area contributed by atoms with E-state index < -0.39 is 0 Å². The Balaban J connectivity index is 1.64. The predicted octanol–water partition coefficient (Wildman–Crippen LogP) is 3.41. The molecule has 3 heterocycles. The normalized spacial score (nSPS) is 13.7. The van der Waals surface area contributed by atoms with Crippen molar-refractivity contribution < 1.29 is 9.53 Å². The second-order valence-electron chi connectivity index (χ2n) is 7.83. The van der Waals surface area contributed by atoms with Crippen LogP contribution < -0.4 is 15.0 Å². The third-order valence-corrected chi connectivity index (χ3v) is 5.51. The Hall–Kier alpha value is -3.16. The van der Waals surface area contributed by atoms with Crippen LogP contribution in [0.3, 0.4) is 0 Å². The average molecular weight is 423 g/mol. The van der Waals surface area contributed by atoms with Crippen LogP contribution in [0.2, 0.25) is 0 Å². The second-order valence-corrected chi connectivity index (χ2v) is 7.83. The number of carbonyl (C=O) groups is 1. The van der Waals surface area contributed by atoms with Crippen LogP contribution in [0, 0.1) is 0 Å². The zero-order valence-electron chi connectivity index (χ0n) is 18.3. The molecule has 3 aromatic rings.